The van der Waals surface area contributed by atoms with Crippen LogP contribution in [0.5, 0.6) is 0 Å². The van der Waals surface area contributed by atoms with Crippen molar-refractivity contribution < 1.29 is 18.3 Å². The van der Waals surface area contributed by atoms with E-state index in [1.54, 1.807) is 6.92 Å². The fourth-order valence-electron chi connectivity index (χ4n) is 1.85. The fraction of sp³-hybridized carbons (Fsp3) is 0.250. The van der Waals surface area contributed by atoms with E-state index in [4.69, 9.17) is 10.8 Å². The second-order valence-electron chi connectivity index (χ2n) is 4.26. The summed E-state index contributed by atoms with van der Waals surface area (Å²) < 4.78 is 27.6. The third kappa shape index (κ3) is 2.68. The summed E-state index contributed by atoms with van der Waals surface area (Å²) in [6.07, 6.45) is 0. The van der Waals surface area contributed by atoms with Gasteiger partial charge in [0.15, 0.2) is 0 Å². The number of nitrogens with one attached hydrogen (secondary N) is 1. The summed E-state index contributed by atoms with van der Waals surface area (Å²) in [4.78, 5) is 10.9. The molecule has 1 atom stereocenters. The van der Waals surface area contributed by atoms with E-state index in [1.165, 1.54) is 0 Å². The minimum Gasteiger partial charge on any atom is -0.480 e. The smallest absolute Gasteiger partial charge is 0.323 e. The number of hydrogen-bond acceptors (Lipinski definition) is 5. The summed E-state index contributed by atoms with van der Waals surface area (Å²) in [5.74, 6) is -1.30. The van der Waals surface area contributed by atoms with Gasteiger partial charge in [-0.3, -0.25) is 4.79 Å². The number of carboxylic acid groups (broad SMARTS) is 1. The van der Waals surface area contributed by atoms with E-state index in [0.717, 1.165) is 21.4 Å². The molecule has 0 amide bonds. The van der Waals surface area contributed by atoms with Gasteiger partial charge in [0.1, 0.15) is 10.3 Å². The molecule has 0 aliphatic carbocycles. The van der Waals surface area contributed by atoms with E-state index in [0.29, 0.717) is 5.56 Å². The van der Waals surface area contributed by atoms with E-state index in [2.05, 4.69) is 4.72 Å². The number of rotatable bonds is 5. The van der Waals surface area contributed by atoms with Crippen LogP contribution in [0.3, 0.4) is 0 Å². The van der Waals surface area contributed by atoms with Crippen LogP contribution in [0.25, 0.3) is 10.1 Å². The minimum atomic E-state index is -3.90. The SMILES string of the molecule is Cc1c(S(=O)(=O)NC(CN)C(=O)O)sc2ccccc12. The normalized spacial score (nSPS) is 13.5. The van der Waals surface area contributed by atoms with Crippen LogP contribution >= 0.6 is 11.3 Å². The monoisotopic (exact) mass is 314 g/mol. The van der Waals surface area contributed by atoms with Crippen LogP contribution in [0.4, 0.5) is 0 Å². The maximum atomic E-state index is 12.3. The van der Waals surface area contributed by atoms with Gasteiger partial charge >= 0.3 is 5.97 Å². The Morgan fingerprint density at radius 2 is 2.10 bits per heavy atom. The summed E-state index contributed by atoms with van der Waals surface area (Å²) in [7, 11) is -3.90. The molecule has 0 aliphatic heterocycles. The zero-order chi connectivity index (χ0) is 14.9. The number of carboxylic acids is 1. The van der Waals surface area contributed by atoms with Gasteiger partial charge < -0.3 is 10.8 Å². The Morgan fingerprint density at radius 1 is 1.45 bits per heavy atom. The highest BCUT2D eigenvalue weighted by Gasteiger charge is 2.27. The molecule has 1 heterocycles. The molecular weight excluding hydrogens is 300 g/mol. The topological polar surface area (TPSA) is 109 Å². The van der Waals surface area contributed by atoms with Gasteiger partial charge in [-0.1, -0.05) is 18.2 Å². The van der Waals surface area contributed by atoms with E-state index in [9.17, 15) is 13.2 Å². The molecule has 4 N–H and O–H groups in total. The zero-order valence-corrected chi connectivity index (χ0v) is 12.3. The fourth-order valence-corrected chi connectivity index (χ4v) is 4.83. The first kappa shape index (κ1) is 14.9. The highest BCUT2D eigenvalue weighted by molar-refractivity contribution is 7.91. The van der Waals surface area contributed by atoms with Gasteiger partial charge in [0.05, 0.1) is 0 Å². The van der Waals surface area contributed by atoms with Gasteiger partial charge in [0.2, 0.25) is 0 Å². The highest BCUT2D eigenvalue weighted by Crippen LogP contribution is 2.33. The van der Waals surface area contributed by atoms with Crippen LogP contribution in [0.1, 0.15) is 5.56 Å². The Bertz CT molecular complexity index is 752. The van der Waals surface area contributed by atoms with E-state index >= 15 is 0 Å². The second kappa shape index (κ2) is 5.49. The zero-order valence-electron chi connectivity index (χ0n) is 10.7. The van der Waals surface area contributed by atoms with Crippen LogP contribution < -0.4 is 10.5 Å². The number of thiophene rings is 1. The number of fused-ring (bicyclic) bond motifs is 1. The molecule has 0 radical (unpaired) electrons. The Labute approximate surface area is 120 Å². The maximum absolute atomic E-state index is 12.3. The Morgan fingerprint density at radius 3 is 2.65 bits per heavy atom. The third-order valence-electron chi connectivity index (χ3n) is 2.88. The first-order valence-corrected chi connectivity index (χ1v) is 8.10. The van der Waals surface area contributed by atoms with Crippen LogP contribution in [0, 0.1) is 6.92 Å². The Hall–Kier alpha value is -1.48. The number of benzene rings is 1. The van der Waals surface area contributed by atoms with Crippen LogP contribution in [0.2, 0.25) is 0 Å². The Balaban J connectivity index is 2.47. The summed E-state index contributed by atoms with van der Waals surface area (Å²) >= 11 is 1.11. The number of aliphatic carboxylic acids is 1. The lowest BCUT2D eigenvalue weighted by Crippen LogP contribution is -2.45. The predicted molar refractivity (Wildman–Crippen MR) is 77.4 cm³/mol. The lowest BCUT2D eigenvalue weighted by molar-refractivity contribution is -0.138. The van der Waals surface area contributed by atoms with Gasteiger partial charge in [-0.05, 0) is 23.9 Å². The van der Waals surface area contributed by atoms with Crippen molar-refractivity contribution in [3.05, 3.63) is 29.8 Å². The molecule has 0 saturated heterocycles. The predicted octanol–water partition coefficient (Wildman–Crippen LogP) is 0.900. The number of hydrogen-bond donors (Lipinski definition) is 3. The molecule has 108 valence electrons. The van der Waals surface area contributed by atoms with Crippen molar-refractivity contribution in [2.75, 3.05) is 6.54 Å². The van der Waals surface area contributed by atoms with E-state index in [-0.39, 0.29) is 10.8 Å². The lowest BCUT2D eigenvalue weighted by Gasteiger charge is -2.12. The van der Waals surface area contributed by atoms with Crippen molar-refractivity contribution in [2.24, 2.45) is 5.73 Å². The molecule has 1 unspecified atom stereocenters. The molecule has 20 heavy (non-hydrogen) atoms. The second-order valence-corrected chi connectivity index (χ2v) is 7.22. The summed E-state index contributed by atoms with van der Waals surface area (Å²) in [6.45, 7) is 1.39. The largest absolute Gasteiger partial charge is 0.480 e. The molecule has 0 aliphatic rings. The van der Waals surface area contributed by atoms with Crippen molar-refractivity contribution in [1.29, 1.82) is 0 Å². The molecule has 0 spiro atoms. The first-order chi connectivity index (χ1) is 9.36. The van der Waals surface area contributed by atoms with Crippen molar-refractivity contribution in [1.82, 2.24) is 4.72 Å². The summed E-state index contributed by atoms with van der Waals surface area (Å²) in [5.41, 5.74) is 5.88. The number of carbonyl (C=O) groups is 1. The first-order valence-electron chi connectivity index (χ1n) is 5.80. The summed E-state index contributed by atoms with van der Waals surface area (Å²) in [5, 5.41) is 9.73. The standard InChI is InChI=1S/C12H14N2O4S2/c1-7-8-4-2-3-5-10(8)19-12(7)20(17,18)14-9(6-13)11(15)16/h2-5,9,14H,6,13H2,1H3,(H,15,16). The number of nitrogens with two attached hydrogens (primary N) is 1. The van der Waals surface area contributed by atoms with E-state index in [1.807, 2.05) is 24.3 Å². The van der Waals surface area contributed by atoms with E-state index < -0.39 is 22.0 Å². The van der Waals surface area contributed by atoms with Crippen LogP contribution in [0.15, 0.2) is 28.5 Å². The van der Waals surface area contributed by atoms with Gasteiger partial charge in [-0.2, -0.15) is 4.72 Å². The lowest BCUT2D eigenvalue weighted by atomic mass is 10.2. The van der Waals surface area contributed by atoms with Crippen LogP contribution in [-0.4, -0.2) is 32.1 Å². The van der Waals surface area contributed by atoms with Gasteiger partial charge in [-0.15, -0.1) is 11.3 Å². The minimum absolute atomic E-state index is 0.124. The van der Waals surface area contributed by atoms with Crippen LogP contribution in [-0.2, 0) is 14.8 Å². The molecule has 0 saturated carbocycles. The molecule has 8 heteroatoms. The molecule has 1 aromatic heterocycles. The molecule has 0 fully saturated rings. The molecular formula is C12H14N2O4S2. The molecule has 2 aromatic rings. The molecule has 6 nitrogen and oxygen atoms in total. The van der Waals surface area contributed by atoms with Crippen molar-refractivity contribution in [3.63, 3.8) is 0 Å². The molecule has 0 bridgehead atoms. The van der Waals surface area contributed by atoms with Gasteiger partial charge in [-0.25, -0.2) is 8.42 Å². The maximum Gasteiger partial charge on any atom is 0.323 e. The van der Waals surface area contributed by atoms with Gasteiger partial charge in [0, 0.05) is 11.2 Å². The average Bonchev–Trinajstić information content (AvgIpc) is 2.74. The number of sulfonamides is 1. The number of aryl methyl sites for hydroxylation is 1. The third-order valence-corrected chi connectivity index (χ3v) is 6.24. The van der Waals surface area contributed by atoms with Crippen molar-refractivity contribution >= 4 is 37.4 Å². The Kier molecular flexibility index (Phi) is 4.09. The molecule has 1 aromatic carbocycles. The quantitative estimate of drug-likeness (QED) is 0.759. The van der Waals surface area contributed by atoms with Crippen molar-refractivity contribution in [2.45, 2.75) is 17.2 Å². The van der Waals surface area contributed by atoms with Crippen molar-refractivity contribution in [3.8, 4) is 0 Å². The van der Waals surface area contributed by atoms with Gasteiger partial charge in [0.25, 0.3) is 10.0 Å². The average molecular weight is 314 g/mol. The summed E-state index contributed by atoms with van der Waals surface area (Å²) in [6, 6.07) is 5.97. The molecule has 2 rings (SSSR count). The highest BCUT2D eigenvalue weighted by atomic mass is 32.2.